The van der Waals surface area contributed by atoms with Crippen molar-refractivity contribution in [2.24, 2.45) is 5.73 Å². The van der Waals surface area contributed by atoms with Crippen LogP contribution in [0.3, 0.4) is 0 Å². The number of carbonyl (C=O) groups excluding carboxylic acids is 1. The Balaban J connectivity index is 2.05. The summed E-state index contributed by atoms with van der Waals surface area (Å²) in [5.41, 5.74) is 7.35. The standard InChI is InChI=1S/C16H18ClN7O/c1-3-24-8-19-12-14(21-11-6-4-5-10(17)7-11)22-16(23-15(12)24)20-9(2)13(18)25/h4-9H,3H2,1-2H3,(H2,18,25)(H2,20,21,22,23)/t9-/m0/s1. The van der Waals surface area contributed by atoms with Gasteiger partial charge in [-0.2, -0.15) is 9.97 Å². The zero-order chi connectivity index (χ0) is 18.0. The Morgan fingerprint density at radius 1 is 1.40 bits per heavy atom. The third kappa shape index (κ3) is 3.63. The molecule has 0 saturated carbocycles. The van der Waals surface area contributed by atoms with Crippen molar-refractivity contribution in [2.75, 3.05) is 10.6 Å². The normalized spacial score (nSPS) is 12.1. The van der Waals surface area contributed by atoms with Gasteiger partial charge in [-0.15, -0.1) is 0 Å². The van der Waals surface area contributed by atoms with Gasteiger partial charge < -0.3 is 20.9 Å². The topological polar surface area (TPSA) is 111 Å². The highest BCUT2D eigenvalue weighted by molar-refractivity contribution is 6.30. The van der Waals surface area contributed by atoms with Crippen LogP contribution in [0.25, 0.3) is 11.2 Å². The number of nitrogens with zero attached hydrogens (tertiary/aromatic N) is 4. The molecule has 9 heteroatoms. The molecule has 2 heterocycles. The van der Waals surface area contributed by atoms with Crippen LogP contribution in [0.1, 0.15) is 13.8 Å². The molecule has 4 N–H and O–H groups in total. The number of fused-ring (bicyclic) bond motifs is 1. The van der Waals surface area contributed by atoms with Crippen LogP contribution in [-0.2, 0) is 11.3 Å². The van der Waals surface area contributed by atoms with E-state index < -0.39 is 11.9 Å². The molecule has 1 amide bonds. The van der Waals surface area contributed by atoms with Crippen LogP contribution in [0.15, 0.2) is 30.6 Å². The number of anilines is 3. The zero-order valence-electron chi connectivity index (χ0n) is 13.8. The molecule has 3 rings (SSSR count). The molecule has 0 radical (unpaired) electrons. The van der Waals surface area contributed by atoms with E-state index in [1.54, 1.807) is 25.4 Å². The van der Waals surface area contributed by atoms with Crippen molar-refractivity contribution in [1.82, 2.24) is 19.5 Å². The minimum absolute atomic E-state index is 0.290. The molecule has 3 aromatic rings. The molecule has 0 saturated heterocycles. The summed E-state index contributed by atoms with van der Waals surface area (Å²) in [5.74, 6) is 0.314. The smallest absolute Gasteiger partial charge is 0.239 e. The Hall–Kier alpha value is -2.87. The maximum Gasteiger partial charge on any atom is 0.239 e. The van der Waals surface area contributed by atoms with E-state index in [9.17, 15) is 4.79 Å². The summed E-state index contributed by atoms with van der Waals surface area (Å²) >= 11 is 6.03. The fourth-order valence-corrected chi connectivity index (χ4v) is 2.49. The summed E-state index contributed by atoms with van der Waals surface area (Å²) in [6.45, 7) is 4.35. The lowest BCUT2D eigenvalue weighted by Gasteiger charge is -2.13. The number of aromatic nitrogens is 4. The van der Waals surface area contributed by atoms with Crippen molar-refractivity contribution in [1.29, 1.82) is 0 Å². The number of hydrogen-bond donors (Lipinski definition) is 3. The second-order valence-electron chi connectivity index (χ2n) is 5.50. The van der Waals surface area contributed by atoms with Gasteiger partial charge in [0.25, 0.3) is 0 Å². The van der Waals surface area contributed by atoms with Gasteiger partial charge in [0.2, 0.25) is 11.9 Å². The molecular formula is C16H18ClN7O. The largest absolute Gasteiger partial charge is 0.368 e. The first-order valence-electron chi connectivity index (χ1n) is 7.79. The minimum atomic E-state index is -0.602. The van der Waals surface area contributed by atoms with Crippen LogP contribution in [0, 0.1) is 0 Å². The van der Waals surface area contributed by atoms with Gasteiger partial charge >= 0.3 is 0 Å². The molecule has 0 aliphatic rings. The van der Waals surface area contributed by atoms with Gasteiger partial charge in [0.15, 0.2) is 17.0 Å². The van der Waals surface area contributed by atoms with Crippen LogP contribution in [0.5, 0.6) is 0 Å². The number of imidazole rings is 1. The number of rotatable bonds is 6. The van der Waals surface area contributed by atoms with E-state index in [-0.39, 0.29) is 0 Å². The quantitative estimate of drug-likeness (QED) is 0.623. The number of hydrogen-bond acceptors (Lipinski definition) is 6. The SMILES string of the molecule is CCn1cnc2c(Nc3cccc(Cl)c3)nc(N[C@@H](C)C(N)=O)nc21. The number of amides is 1. The average molecular weight is 360 g/mol. The fraction of sp³-hybridized carbons (Fsp3) is 0.250. The lowest BCUT2D eigenvalue weighted by Crippen LogP contribution is -2.33. The van der Waals surface area contributed by atoms with Gasteiger partial charge in [0.1, 0.15) is 6.04 Å². The molecule has 25 heavy (non-hydrogen) atoms. The predicted octanol–water partition coefficient (Wildman–Crippen LogP) is 2.53. The summed E-state index contributed by atoms with van der Waals surface area (Å²) in [4.78, 5) is 24.6. The minimum Gasteiger partial charge on any atom is -0.368 e. The van der Waals surface area contributed by atoms with E-state index in [4.69, 9.17) is 17.3 Å². The third-order valence-corrected chi connectivity index (χ3v) is 3.90. The van der Waals surface area contributed by atoms with Crippen molar-refractivity contribution in [3.8, 4) is 0 Å². The number of benzene rings is 1. The molecule has 0 fully saturated rings. The van der Waals surface area contributed by atoms with Crippen LogP contribution < -0.4 is 16.4 Å². The van der Waals surface area contributed by atoms with E-state index in [1.165, 1.54) is 0 Å². The maximum absolute atomic E-state index is 11.3. The van der Waals surface area contributed by atoms with Gasteiger partial charge in [-0.3, -0.25) is 4.79 Å². The summed E-state index contributed by atoms with van der Waals surface area (Å²) in [6, 6.07) is 6.67. The van der Waals surface area contributed by atoms with Gasteiger partial charge in [-0.1, -0.05) is 17.7 Å². The highest BCUT2D eigenvalue weighted by atomic mass is 35.5. The Labute approximate surface area is 149 Å². The van der Waals surface area contributed by atoms with E-state index in [0.29, 0.717) is 34.5 Å². The van der Waals surface area contributed by atoms with Crippen molar-refractivity contribution < 1.29 is 4.79 Å². The van der Waals surface area contributed by atoms with Crippen LogP contribution in [0.4, 0.5) is 17.5 Å². The average Bonchev–Trinajstić information content (AvgIpc) is 2.98. The molecule has 8 nitrogen and oxygen atoms in total. The molecule has 0 spiro atoms. The maximum atomic E-state index is 11.3. The van der Waals surface area contributed by atoms with Gasteiger partial charge in [-0.05, 0) is 32.0 Å². The van der Waals surface area contributed by atoms with E-state index in [1.807, 2.05) is 23.6 Å². The second-order valence-corrected chi connectivity index (χ2v) is 5.94. The molecular weight excluding hydrogens is 342 g/mol. The number of primary amides is 1. The summed E-state index contributed by atoms with van der Waals surface area (Å²) in [7, 11) is 0. The van der Waals surface area contributed by atoms with Crippen molar-refractivity contribution in [2.45, 2.75) is 26.4 Å². The highest BCUT2D eigenvalue weighted by Gasteiger charge is 2.16. The number of nitrogens with one attached hydrogen (secondary N) is 2. The van der Waals surface area contributed by atoms with E-state index >= 15 is 0 Å². The number of carbonyl (C=O) groups is 1. The Bertz CT molecular complexity index is 924. The monoisotopic (exact) mass is 359 g/mol. The number of nitrogens with two attached hydrogens (primary N) is 1. The number of halogens is 1. The van der Waals surface area contributed by atoms with E-state index in [2.05, 4.69) is 25.6 Å². The van der Waals surface area contributed by atoms with Crippen molar-refractivity contribution in [3.63, 3.8) is 0 Å². The van der Waals surface area contributed by atoms with Crippen molar-refractivity contribution >= 4 is 46.1 Å². The van der Waals surface area contributed by atoms with Crippen molar-refractivity contribution in [3.05, 3.63) is 35.6 Å². The summed E-state index contributed by atoms with van der Waals surface area (Å²) < 4.78 is 1.89. The molecule has 0 aliphatic heterocycles. The molecule has 130 valence electrons. The van der Waals surface area contributed by atoms with Gasteiger partial charge in [0.05, 0.1) is 6.33 Å². The molecule has 0 unspecified atom stereocenters. The molecule has 0 bridgehead atoms. The zero-order valence-corrected chi connectivity index (χ0v) is 14.6. The predicted molar refractivity (Wildman–Crippen MR) is 98.0 cm³/mol. The molecule has 1 atom stereocenters. The first-order chi connectivity index (χ1) is 12.0. The Morgan fingerprint density at radius 3 is 2.88 bits per heavy atom. The Morgan fingerprint density at radius 2 is 2.20 bits per heavy atom. The molecule has 2 aromatic heterocycles. The number of aryl methyl sites for hydroxylation is 1. The lowest BCUT2D eigenvalue weighted by molar-refractivity contribution is -0.118. The summed E-state index contributed by atoms with van der Waals surface area (Å²) in [6.07, 6.45) is 1.70. The summed E-state index contributed by atoms with van der Waals surface area (Å²) in [5, 5.41) is 6.72. The second kappa shape index (κ2) is 6.94. The molecule has 1 aromatic carbocycles. The van der Waals surface area contributed by atoms with Crippen LogP contribution in [-0.4, -0.2) is 31.5 Å². The first-order valence-corrected chi connectivity index (χ1v) is 8.17. The lowest BCUT2D eigenvalue weighted by atomic mass is 10.3. The fourth-order valence-electron chi connectivity index (χ4n) is 2.30. The Kier molecular flexibility index (Phi) is 4.71. The van der Waals surface area contributed by atoms with Crippen LogP contribution in [0.2, 0.25) is 5.02 Å². The third-order valence-electron chi connectivity index (χ3n) is 3.66. The van der Waals surface area contributed by atoms with Gasteiger partial charge in [0, 0.05) is 17.3 Å². The first kappa shape index (κ1) is 17.0. The van der Waals surface area contributed by atoms with Crippen LogP contribution >= 0.6 is 11.6 Å². The molecule has 0 aliphatic carbocycles. The van der Waals surface area contributed by atoms with Gasteiger partial charge in [-0.25, -0.2) is 4.98 Å². The van der Waals surface area contributed by atoms with E-state index in [0.717, 1.165) is 5.69 Å². The highest BCUT2D eigenvalue weighted by Crippen LogP contribution is 2.25.